The molecule has 0 atom stereocenters. The second-order valence-corrected chi connectivity index (χ2v) is 4.89. The van der Waals surface area contributed by atoms with Gasteiger partial charge in [-0.15, -0.1) is 0 Å². The van der Waals surface area contributed by atoms with E-state index in [2.05, 4.69) is 61.0 Å². The molecule has 0 radical (unpaired) electrons. The van der Waals surface area contributed by atoms with Crippen LogP contribution in [0.1, 0.15) is 11.1 Å². The van der Waals surface area contributed by atoms with E-state index in [1.807, 2.05) is 0 Å². The number of aromatic nitrogens is 2. The van der Waals surface area contributed by atoms with Crippen molar-refractivity contribution >= 4 is 11.0 Å². The van der Waals surface area contributed by atoms with Crippen LogP contribution >= 0.6 is 0 Å². The van der Waals surface area contributed by atoms with E-state index in [9.17, 15) is 0 Å². The van der Waals surface area contributed by atoms with E-state index in [1.54, 1.807) is 0 Å². The number of rotatable bonds is 2. The van der Waals surface area contributed by atoms with Crippen LogP contribution < -0.4 is 5.73 Å². The van der Waals surface area contributed by atoms with Crippen molar-refractivity contribution in [3.05, 3.63) is 53.6 Å². The highest BCUT2D eigenvalue weighted by Gasteiger charge is 2.09. The monoisotopic (exact) mass is 251 g/mol. The molecule has 0 saturated heterocycles. The summed E-state index contributed by atoms with van der Waals surface area (Å²) in [5.74, 6) is 0.990. The SMILES string of the molecule is Cc1ccc2c(c1)nc(-c1ccc(CN)cc1)n2C. The summed E-state index contributed by atoms with van der Waals surface area (Å²) in [6.45, 7) is 2.66. The molecule has 0 aliphatic rings. The Labute approximate surface area is 112 Å². The van der Waals surface area contributed by atoms with Crippen LogP contribution in [0.5, 0.6) is 0 Å². The summed E-state index contributed by atoms with van der Waals surface area (Å²) in [5.41, 5.74) is 11.3. The molecule has 96 valence electrons. The lowest BCUT2D eigenvalue weighted by molar-refractivity contribution is 0.958. The molecule has 3 aromatic rings. The van der Waals surface area contributed by atoms with Crippen molar-refractivity contribution in [3.8, 4) is 11.4 Å². The minimum Gasteiger partial charge on any atom is -0.327 e. The fraction of sp³-hybridized carbons (Fsp3) is 0.188. The highest BCUT2D eigenvalue weighted by Crippen LogP contribution is 2.24. The Morgan fingerprint density at radius 2 is 1.84 bits per heavy atom. The van der Waals surface area contributed by atoms with Gasteiger partial charge in [0.15, 0.2) is 0 Å². The molecule has 3 nitrogen and oxygen atoms in total. The molecule has 2 aromatic carbocycles. The van der Waals surface area contributed by atoms with E-state index in [-0.39, 0.29) is 0 Å². The number of imidazole rings is 1. The normalized spacial score (nSPS) is 11.1. The molecule has 19 heavy (non-hydrogen) atoms. The third-order valence-electron chi connectivity index (χ3n) is 3.48. The number of fused-ring (bicyclic) bond motifs is 1. The maximum Gasteiger partial charge on any atom is 0.140 e. The van der Waals surface area contributed by atoms with Gasteiger partial charge in [0.25, 0.3) is 0 Å². The highest BCUT2D eigenvalue weighted by molar-refractivity contribution is 5.81. The van der Waals surface area contributed by atoms with Gasteiger partial charge in [-0.25, -0.2) is 4.98 Å². The van der Waals surface area contributed by atoms with E-state index < -0.39 is 0 Å². The number of nitrogens with zero attached hydrogens (tertiary/aromatic N) is 2. The smallest absolute Gasteiger partial charge is 0.140 e. The number of nitrogens with two attached hydrogens (primary N) is 1. The highest BCUT2D eigenvalue weighted by atomic mass is 15.1. The maximum absolute atomic E-state index is 5.63. The molecule has 1 aromatic heterocycles. The lowest BCUT2D eigenvalue weighted by Gasteiger charge is -2.03. The fourth-order valence-corrected chi connectivity index (χ4v) is 2.36. The molecule has 0 amide bonds. The Morgan fingerprint density at radius 3 is 2.53 bits per heavy atom. The van der Waals surface area contributed by atoms with Crippen LogP contribution in [-0.2, 0) is 13.6 Å². The molecule has 0 fully saturated rings. The predicted octanol–water partition coefficient (Wildman–Crippen LogP) is 3.01. The summed E-state index contributed by atoms with van der Waals surface area (Å²) in [7, 11) is 2.05. The molecule has 0 saturated carbocycles. The summed E-state index contributed by atoms with van der Waals surface area (Å²) < 4.78 is 2.13. The predicted molar refractivity (Wildman–Crippen MR) is 78.8 cm³/mol. The van der Waals surface area contributed by atoms with Gasteiger partial charge in [-0.1, -0.05) is 30.3 Å². The van der Waals surface area contributed by atoms with E-state index in [0.717, 1.165) is 28.0 Å². The third kappa shape index (κ3) is 2.02. The van der Waals surface area contributed by atoms with Crippen LogP contribution in [-0.4, -0.2) is 9.55 Å². The van der Waals surface area contributed by atoms with Gasteiger partial charge < -0.3 is 10.3 Å². The quantitative estimate of drug-likeness (QED) is 0.761. The third-order valence-corrected chi connectivity index (χ3v) is 3.48. The largest absolute Gasteiger partial charge is 0.327 e. The first-order chi connectivity index (χ1) is 9.19. The van der Waals surface area contributed by atoms with Crippen LogP contribution in [0.15, 0.2) is 42.5 Å². The van der Waals surface area contributed by atoms with Gasteiger partial charge in [0.1, 0.15) is 5.82 Å². The Morgan fingerprint density at radius 1 is 1.11 bits per heavy atom. The van der Waals surface area contributed by atoms with Gasteiger partial charge in [-0.2, -0.15) is 0 Å². The van der Waals surface area contributed by atoms with Crippen molar-refractivity contribution in [1.82, 2.24) is 9.55 Å². The lowest BCUT2D eigenvalue weighted by Crippen LogP contribution is -1.96. The minimum absolute atomic E-state index is 0.571. The van der Waals surface area contributed by atoms with Crippen molar-refractivity contribution in [1.29, 1.82) is 0 Å². The summed E-state index contributed by atoms with van der Waals surface area (Å²) in [6.07, 6.45) is 0. The van der Waals surface area contributed by atoms with E-state index >= 15 is 0 Å². The summed E-state index contributed by atoms with van der Waals surface area (Å²) >= 11 is 0. The van der Waals surface area contributed by atoms with Crippen molar-refractivity contribution < 1.29 is 0 Å². The molecule has 0 spiro atoms. The standard InChI is InChI=1S/C16H17N3/c1-11-3-8-15-14(9-11)18-16(19(15)2)13-6-4-12(10-17)5-7-13/h3-9H,10,17H2,1-2H3. The summed E-state index contributed by atoms with van der Waals surface area (Å²) in [4.78, 5) is 4.73. The summed E-state index contributed by atoms with van der Waals surface area (Å²) in [6, 6.07) is 14.6. The molecule has 1 heterocycles. The Hall–Kier alpha value is -2.13. The zero-order chi connectivity index (χ0) is 13.4. The second-order valence-electron chi connectivity index (χ2n) is 4.89. The lowest BCUT2D eigenvalue weighted by atomic mass is 10.1. The zero-order valence-electron chi connectivity index (χ0n) is 11.2. The van der Waals surface area contributed by atoms with Crippen molar-refractivity contribution in [3.63, 3.8) is 0 Å². The minimum atomic E-state index is 0.571. The van der Waals surface area contributed by atoms with Gasteiger partial charge in [0.05, 0.1) is 11.0 Å². The van der Waals surface area contributed by atoms with Crippen LogP contribution in [0.4, 0.5) is 0 Å². The molecule has 3 rings (SSSR count). The van der Waals surface area contributed by atoms with Gasteiger partial charge >= 0.3 is 0 Å². The maximum atomic E-state index is 5.63. The molecule has 0 unspecified atom stereocenters. The molecular formula is C16H17N3. The van der Waals surface area contributed by atoms with Crippen molar-refractivity contribution in [2.24, 2.45) is 12.8 Å². The first kappa shape index (κ1) is 11.9. The average molecular weight is 251 g/mol. The first-order valence-corrected chi connectivity index (χ1v) is 6.41. The van der Waals surface area contributed by atoms with Gasteiger partial charge in [0, 0.05) is 19.2 Å². The number of aryl methyl sites for hydroxylation is 2. The topological polar surface area (TPSA) is 43.8 Å². The number of benzene rings is 2. The number of hydrogen-bond donors (Lipinski definition) is 1. The van der Waals surface area contributed by atoms with Crippen LogP contribution in [0.25, 0.3) is 22.4 Å². The van der Waals surface area contributed by atoms with Crippen LogP contribution in [0.3, 0.4) is 0 Å². The van der Waals surface area contributed by atoms with Gasteiger partial charge in [-0.05, 0) is 30.2 Å². The molecule has 2 N–H and O–H groups in total. The molecule has 0 aliphatic heterocycles. The van der Waals surface area contributed by atoms with Crippen molar-refractivity contribution in [2.75, 3.05) is 0 Å². The number of hydrogen-bond acceptors (Lipinski definition) is 2. The van der Waals surface area contributed by atoms with Gasteiger partial charge in [0.2, 0.25) is 0 Å². The van der Waals surface area contributed by atoms with E-state index in [0.29, 0.717) is 6.54 Å². The van der Waals surface area contributed by atoms with Crippen molar-refractivity contribution in [2.45, 2.75) is 13.5 Å². The van der Waals surface area contributed by atoms with Crippen LogP contribution in [0.2, 0.25) is 0 Å². The second kappa shape index (κ2) is 4.52. The van der Waals surface area contributed by atoms with E-state index in [1.165, 1.54) is 5.56 Å². The van der Waals surface area contributed by atoms with E-state index in [4.69, 9.17) is 10.7 Å². The van der Waals surface area contributed by atoms with Gasteiger partial charge in [-0.3, -0.25) is 0 Å². The molecule has 0 bridgehead atoms. The molecule has 3 heteroatoms. The molecular weight excluding hydrogens is 234 g/mol. The zero-order valence-corrected chi connectivity index (χ0v) is 11.2. The Bertz CT molecular complexity index is 724. The molecule has 0 aliphatic carbocycles. The fourth-order valence-electron chi connectivity index (χ4n) is 2.36. The van der Waals surface area contributed by atoms with Crippen LogP contribution in [0, 0.1) is 6.92 Å². The summed E-state index contributed by atoms with van der Waals surface area (Å²) in [5, 5.41) is 0. The Kier molecular flexibility index (Phi) is 2.84. The average Bonchev–Trinajstić information content (AvgIpc) is 2.75. The first-order valence-electron chi connectivity index (χ1n) is 6.41. The Balaban J connectivity index is 2.15.